The van der Waals surface area contributed by atoms with E-state index in [-0.39, 0.29) is 5.97 Å². The first-order chi connectivity index (χ1) is 7.13. The van der Waals surface area contributed by atoms with Gasteiger partial charge >= 0.3 is 5.97 Å². The number of likely N-dealkylation sites (N-methyl/N-ethyl adjacent to an activating group) is 2. The summed E-state index contributed by atoms with van der Waals surface area (Å²) < 4.78 is 4.63. The molecule has 1 saturated heterocycles. The Kier molecular flexibility index (Phi) is 5.05. The van der Waals surface area contributed by atoms with Crippen LogP contribution in [0.4, 0.5) is 0 Å². The van der Waals surface area contributed by atoms with Gasteiger partial charge < -0.3 is 14.5 Å². The molecule has 1 rings (SSSR count). The zero-order valence-corrected chi connectivity index (χ0v) is 10.0. The van der Waals surface area contributed by atoms with Crippen LogP contribution in [0.15, 0.2) is 0 Å². The molecule has 1 unspecified atom stereocenters. The van der Waals surface area contributed by atoms with Gasteiger partial charge in [0.1, 0.15) is 0 Å². The van der Waals surface area contributed by atoms with Crippen molar-refractivity contribution in [2.45, 2.75) is 25.3 Å². The molecule has 1 fully saturated rings. The Bertz CT molecular complexity index is 209. The smallest absolute Gasteiger partial charge is 0.306 e. The Hall–Kier alpha value is -0.610. The third kappa shape index (κ3) is 4.18. The average Bonchev–Trinajstić information content (AvgIpc) is 2.25. The molecular formula is C11H22N2O2. The number of carbonyl (C=O) groups excluding carboxylic acids is 1. The van der Waals surface area contributed by atoms with Gasteiger partial charge in [-0.15, -0.1) is 0 Å². The molecule has 1 aliphatic rings. The molecule has 0 aliphatic carbocycles. The second-order valence-corrected chi connectivity index (χ2v) is 4.37. The van der Waals surface area contributed by atoms with Crippen molar-refractivity contribution in [3.63, 3.8) is 0 Å². The van der Waals surface area contributed by atoms with Crippen LogP contribution in [0.1, 0.15) is 19.3 Å². The van der Waals surface area contributed by atoms with E-state index in [4.69, 9.17) is 0 Å². The number of methoxy groups -OCH3 is 1. The summed E-state index contributed by atoms with van der Waals surface area (Å²) in [5.41, 5.74) is 0. The molecule has 0 saturated carbocycles. The largest absolute Gasteiger partial charge is 0.469 e. The lowest BCUT2D eigenvalue weighted by Crippen LogP contribution is -2.45. The third-order valence-electron chi connectivity index (χ3n) is 3.12. The molecule has 0 aromatic carbocycles. The first-order valence-corrected chi connectivity index (χ1v) is 5.59. The number of esters is 1. The van der Waals surface area contributed by atoms with Crippen LogP contribution in [-0.4, -0.2) is 62.7 Å². The van der Waals surface area contributed by atoms with Crippen LogP contribution in [0.5, 0.6) is 0 Å². The lowest BCUT2D eigenvalue weighted by Gasteiger charge is -2.35. The molecule has 0 bridgehead atoms. The van der Waals surface area contributed by atoms with Crippen molar-refractivity contribution in [3.05, 3.63) is 0 Å². The van der Waals surface area contributed by atoms with Gasteiger partial charge in [0.15, 0.2) is 0 Å². The molecule has 4 heteroatoms. The third-order valence-corrected chi connectivity index (χ3v) is 3.12. The van der Waals surface area contributed by atoms with Crippen LogP contribution in [0, 0.1) is 0 Å². The monoisotopic (exact) mass is 214 g/mol. The number of hydrogen-bond donors (Lipinski definition) is 0. The average molecular weight is 214 g/mol. The fourth-order valence-electron chi connectivity index (χ4n) is 2.05. The molecule has 1 aliphatic heterocycles. The maximum Gasteiger partial charge on any atom is 0.306 e. The number of hydrogen-bond acceptors (Lipinski definition) is 4. The highest BCUT2D eigenvalue weighted by molar-refractivity contribution is 5.69. The van der Waals surface area contributed by atoms with Gasteiger partial charge in [0.05, 0.1) is 13.5 Å². The van der Waals surface area contributed by atoms with Crippen LogP contribution in [0.2, 0.25) is 0 Å². The van der Waals surface area contributed by atoms with Crippen molar-refractivity contribution >= 4 is 5.97 Å². The first-order valence-electron chi connectivity index (χ1n) is 5.59. The fourth-order valence-corrected chi connectivity index (χ4v) is 2.05. The number of piperidine rings is 1. The zero-order chi connectivity index (χ0) is 11.3. The van der Waals surface area contributed by atoms with Crippen molar-refractivity contribution in [3.8, 4) is 0 Å². The highest BCUT2D eigenvalue weighted by Gasteiger charge is 2.21. The summed E-state index contributed by atoms with van der Waals surface area (Å²) in [7, 11) is 5.68. The standard InChI is InChI=1S/C11H22N2O2/c1-12-7-4-5-10(9-12)13(2)8-6-11(14)15-3/h10H,4-9H2,1-3H3. The van der Waals surface area contributed by atoms with Gasteiger partial charge in [-0.25, -0.2) is 0 Å². The maximum absolute atomic E-state index is 11.0. The van der Waals surface area contributed by atoms with Gasteiger partial charge in [-0.05, 0) is 33.5 Å². The van der Waals surface area contributed by atoms with E-state index in [0.29, 0.717) is 12.5 Å². The molecule has 0 N–H and O–H groups in total. The van der Waals surface area contributed by atoms with Crippen molar-refractivity contribution < 1.29 is 9.53 Å². The van der Waals surface area contributed by atoms with Crippen molar-refractivity contribution in [2.75, 3.05) is 40.8 Å². The summed E-state index contributed by atoms with van der Waals surface area (Å²) in [6.07, 6.45) is 2.99. The van der Waals surface area contributed by atoms with E-state index in [9.17, 15) is 4.79 Å². The van der Waals surface area contributed by atoms with Gasteiger partial charge in [-0.2, -0.15) is 0 Å². The van der Waals surface area contributed by atoms with Crippen LogP contribution >= 0.6 is 0 Å². The summed E-state index contributed by atoms with van der Waals surface area (Å²) >= 11 is 0. The van der Waals surface area contributed by atoms with Crippen molar-refractivity contribution in [1.82, 2.24) is 9.80 Å². The number of ether oxygens (including phenoxy) is 1. The minimum Gasteiger partial charge on any atom is -0.469 e. The van der Waals surface area contributed by atoms with Crippen LogP contribution in [0.25, 0.3) is 0 Å². The number of likely N-dealkylation sites (tertiary alicyclic amines) is 1. The lowest BCUT2D eigenvalue weighted by molar-refractivity contribution is -0.141. The van der Waals surface area contributed by atoms with Gasteiger partial charge in [0, 0.05) is 19.1 Å². The first kappa shape index (κ1) is 12.5. The predicted molar refractivity (Wildman–Crippen MR) is 59.8 cm³/mol. The van der Waals surface area contributed by atoms with E-state index in [1.54, 1.807) is 0 Å². The van der Waals surface area contributed by atoms with E-state index in [0.717, 1.165) is 13.1 Å². The summed E-state index contributed by atoms with van der Waals surface area (Å²) in [4.78, 5) is 15.6. The molecule has 88 valence electrons. The highest BCUT2D eigenvalue weighted by atomic mass is 16.5. The summed E-state index contributed by atoms with van der Waals surface area (Å²) in [6.45, 7) is 3.10. The molecule has 1 heterocycles. The fraction of sp³-hybridized carbons (Fsp3) is 0.909. The topological polar surface area (TPSA) is 32.8 Å². The quantitative estimate of drug-likeness (QED) is 0.641. The number of rotatable bonds is 4. The Morgan fingerprint density at radius 2 is 2.33 bits per heavy atom. The highest BCUT2D eigenvalue weighted by Crippen LogP contribution is 2.13. The molecule has 1 atom stereocenters. The summed E-state index contributed by atoms with van der Waals surface area (Å²) in [5.74, 6) is -0.119. The molecule has 0 radical (unpaired) electrons. The predicted octanol–water partition coefficient (Wildman–Crippen LogP) is 0.575. The Labute approximate surface area is 92.2 Å². The van der Waals surface area contributed by atoms with Crippen molar-refractivity contribution in [2.24, 2.45) is 0 Å². The second-order valence-electron chi connectivity index (χ2n) is 4.37. The number of carbonyl (C=O) groups is 1. The van der Waals surface area contributed by atoms with E-state index in [1.807, 2.05) is 0 Å². The van der Waals surface area contributed by atoms with Crippen LogP contribution in [-0.2, 0) is 9.53 Å². The summed E-state index contributed by atoms with van der Waals surface area (Å²) in [6, 6.07) is 0.591. The Morgan fingerprint density at radius 3 is 2.93 bits per heavy atom. The molecule has 0 spiro atoms. The van der Waals surface area contributed by atoms with Gasteiger partial charge in [0.25, 0.3) is 0 Å². The Morgan fingerprint density at radius 1 is 1.60 bits per heavy atom. The Balaban J connectivity index is 2.26. The second kappa shape index (κ2) is 6.08. The molecular weight excluding hydrogens is 192 g/mol. The lowest BCUT2D eigenvalue weighted by atomic mass is 10.1. The molecule has 4 nitrogen and oxygen atoms in total. The van der Waals surface area contributed by atoms with Gasteiger partial charge in [0.2, 0.25) is 0 Å². The minimum absolute atomic E-state index is 0.119. The van der Waals surface area contributed by atoms with E-state index in [2.05, 4.69) is 28.6 Å². The SMILES string of the molecule is COC(=O)CCN(C)C1CCCN(C)C1. The molecule has 15 heavy (non-hydrogen) atoms. The van der Waals surface area contributed by atoms with Gasteiger partial charge in [-0.3, -0.25) is 4.79 Å². The molecule has 0 aromatic rings. The van der Waals surface area contributed by atoms with E-state index >= 15 is 0 Å². The normalized spacial score (nSPS) is 23.1. The maximum atomic E-state index is 11.0. The molecule has 0 aromatic heterocycles. The van der Waals surface area contributed by atoms with Crippen molar-refractivity contribution in [1.29, 1.82) is 0 Å². The van der Waals surface area contributed by atoms with E-state index < -0.39 is 0 Å². The number of nitrogens with zero attached hydrogens (tertiary/aromatic N) is 2. The van der Waals surface area contributed by atoms with Crippen LogP contribution in [0.3, 0.4) is 0 Å². The van der Waals surface area contributed by atoms with E-state index in [1.165, 1.54) is 26.5 Å². The van der Waals surface area contributed by atoms with Crippen LogP contribution < -0.4 is 0 Å². The minimum atomic E-state index is -0.119. The molecule has 0 amide bonds. The van der Waals surface area contributed by atoms with Gasteiger partial charge in [-0.1, -0.05) is 0 Å². The summed E-state index contributed by atoms with van der Waals surface area (Å²) in [5, 5.41) is 0. The zero-order valence-electron chi connectivity index (χ0n) is 10.0.